The SMILES string of the molecule is CNC(Cc1cc(C)nc2ncnn12)CC(C)C. The Bertz CT molecular complexity index is 517. The third-order valence-corrected chi connectivity index (χ3v) is 3.07. The third-order valence-electron chi connectivity index (χ3n) is 3.07. The molecule has 0 aliphatic carbocycles. The summed E-state index contributed by atoms with van der Waals surface area (Å²) in [6, 6.07) is 2.55. The summed E-state index contributed by atoms with van der Waals surface area (Å²) >= 11 is 0. The number of likely N-dealkylation sites (N-methyl/N-ethyl adjacent to an activating group) is 1. The highest BCUT2D eigenvalue weighted by Crippen LogP contribution is 2.12. The van der Waals surface area contributed by atoms with Crippen LogP contribution in [0.5, 0.6) is 0 Å². The Morgan fingerprint density at radius 2 is 2.17 bits per heavy atom. The topological polar surface area (TPSA) is 55.1 Å². The molecule has 0 amide bonds. The number of aromatic nitrogens is 4. The summed E-state index contributed by atoms with van der Waals surface area (Å²) in [5.41, 5.74) is 2.15. The van der Waals surface area contributed by atoms with Crippen molar-refractivity contribution in [3.8, 4) is 0 Å². The van der Waals surface area contributed by atoms with Crippen molar-refractivity contribution in [2.45, 2.75) is 39.7 Å². The molecule has 1 atom stereocenters. The van der Waals surface area contributed by atoms with E-state index in [0.717, 1.165) is 24.2 Å². The smallest absolute Gasteiger partial charge is 0.252 e. The van der Waals surface area contributed by atoms with Gasteiger partial charge in [0.1, 0.15) is 6.33 Å². The molecule has 0 fully saturated rings. The van der Waals surface area contributed by atoms with E-state index < -0.39 is 0 Å². The molecule has 2 aromatic heterocycles. The summed E-state index contributed by atoms with van der Waals surface area (Å²) in [4.78, 5) is 8.51. The predicted octanol–water partition coefficient (Wildman–Crippen LogP) is 1.61. The first-order valence-electron chi connectivity index (χ1n) is 6.43. The highest BCUT2D eigenvalue weighted by molar-refractivity contribution is 5.30. The molecule has 0 bridgehead atoms. The quantitative estimate of drug-likeness (QED) is 0.872. The van der Waals surface area contributed by atoms with Gasteiger partial charge in [-0.25, -0.2) is 9.50 Å². The van der Waals surface area contributed by atoms with Crippen molar-refractivity contribution < 1.29 is 0 Å². The summed E-state index contributed by atoms with van der Waals surface area (Å²) < 4.78 is 1.83. The molecule has 5 nitrogen and oxygen atoms in total. The highest BCUT2D eigenvalue weighted by Gasteiger charge is 2.13. The fourth-order valence-electron chi connectivity index (χ4n) is 2.28. The van der Waals surface area contributed by atoms with E-state index in [0.29, 0.717) is 17.7 Å². The van der Waals surface area contributed by atoms with Crippen molar-refractivity contribution in [1.29, 1.82) is 0 Å². The molecule has 2 rings (SSSR count). The van der Waals surface area contributed by atoms with Crippen molar-refractivity contribution in [3.05, 3.63) is 23.8 Å². The van der Waals surface area contributed by atoms with E-state index in [1.165, 1.54) is 0 Å². The lowest BCUT2D eigenvalue weighted by molar-refractivity contribution is 0.435. The summed E-state index contributed by atoms with van der Waals surface area (Å²) in [5, 5.41) is 7.62. The molecule has 0 aromatic carbocycles. The molecule has 0 saturated carbocycles. The monoisotopic (exact) mass is 247 g/mol. The van der Waals surface area contributed by atoms with Gasteiger partial charge in [0.05, 0.1) is 0 Å². The molecule has 2 heterocycles. The molecule has 0 aliphatic heterocycles. The zero-order valence-corrected chi connectivity index (χ0v) is 11.5. The average Bonchev–Trinajstić information content (AvgIpc) is 2.75. The molecule has 18 heavy (non-hydrogen) atoms. The average molecular weight is 247 g/mol. The second-order valence-corrected chi connectivity index (χ2v) is 5.18. The van der Waals surface area contributed by atoms with E-state index in [2.05, 4.69) is 40.3 Å². The number of rotatable bonds is 5. The Hall–Kier alpha value is -1.49. The number of fused-ring (bicyclic) bond motifs is 1. The van der Waals surface area contributed by atoms with E-state index in [1.807, 2.05) is 18.5 Å². The van der Waals surface area contributed by atoms with Crippen LogP contribution in [0.3, 0.4) is 0 Å². The fourth-order valence-corrected chi connectivity index (χ4v) is 2.28. The van der Waals surface area contributed by atoms with Crippen LogP contribution >= 0.6 is 0 Å². The maximum absolute atomic E-state index is 4.36. The van der Waals surface area contributed by atoms with Gasteiger partial charge in [-0.15, -0.1) is 0 Å². The molecule has 0 aliphatic rings. The lowest BCUT2D eigenvalue weighted by atomic mass is 9.99. The Morgan fingerprint density at radius 3 is 2.83 bits per heavy atom. The fraction of sp³-hybridized carbons (Fsp3) is 0.615. The first-order chi connectivity index (χ1) is 8.60. The van der Waals surface area contributed by atoms with E-state index in [4.69, 9.17) is 0 Å². The Labute approximate surface area is 108 Å². The number of hydrogen-bond acceptors (Lipinski definition) is 4. The normalized spacial score (nSPS) is 13.4. The lowest BCUT2D eigenvalue weighted by Crippen LogP contribution is -2.30. The second-order valence-electron chi connectivity index (χ2n) is 5.18. The molecule has 0 saturated heterocycles. The van der Waals surface area contributed by atoms with Crippen LogP contribution in [0.2, 0.25) is 0 Å². The number of nitrogens with zero attached hydrogens (tertiary/aromatic N) is 4. The number of aryl methyl sites for hydroxylation is 1. The van der Waals surface area contributed by atoms with E-state index >= 15 is 0 Å². The van der Waals surface area contributed by atoms with Gasteiger partial charge in [0.25, 0.3) is 5.78 Å². The minimum absolute atomic E-state index is 0.458. The minimum Gasteiger partial charge on any atom is -0.317 e. The van der Waals surface area contributed by atoms with Crippen molar-refractivity contribution in [3.63, 3.8) is 0 Å². The molecule has 0 spiro atoms. The molecule has 98 valence electrons. The Morgan fingerprint density at radius 1 is 1.39 bits per heavy atom. The summed E-state index contributed by atoms with van der Waals surface area (Å²) in [5.74, 6) is 1.36. The molecule has 1 N–H and O–H groups in total. The second kappa shape index (κ2) is 5.44. The van der Waals surface area contributed by atoms with Crippen LogP contribution in [-0.2, 0) is 6.42 Å². The van der Waals surface area contributed by atoms with E-state index in [9.17, 15) is 0 Å². The van der Waals surface area contributed by atoms with Crippen LogP contribution in [0.4, 0.5) is 0 Å². The zero-order chi connectivity index (χ0) is 13.1. The van der Waals surface area contributed by atoms with Crippen LogP contribution < -0.4 is 5.32 Å². The van der Waals surface area contributed by atoms with Gasteiger partial charge in [0, 0.05) is 23.9 Å². The van der Waals surface area contributed by atoms with Crippen molar-refractivity contribution >= 4 is 5.78 Å². The van der Waals surface area contributed by atoms with Gasteiger partial charge in [-0.3, -0.25) is 0 Å². The number of nitrogens with one attached hydrogen (secondary N) is 1. The van der Waals surface area contributed by atoms with Crippen LogP contribution in [0.25, 0.3) is 5.78 Å². The Kier molecular flexibility index (Phi) is 3.91. The van der Waals surface area contributed by atoms with Gasteiger partial charge < -0.3 is 5.32 Å². The first-order valence-corrected chi connectivity index (χ1v) is 6.43. The summed E-state index contributed by atoms with van der Waals surface area (Å²) in [6.07, 6.45) is 3.65. The van der Waals surface area contributed by atoms with Crippen molar-refractivity contribution in [2.24, 2.45) is 5.92 Å². The van der Waals surface area contributed by atoms with Gasteiger partial charge in [-0.1, -0.05) is 13.8 Å². The van der Waals surface area contributed by atoms with Gasteiger partial charge in [0.2, 0.25) is 0 Å². The molecular formula is C13H21N5. The maximum atomic E-state index is 4.36. The van der Waals surface area contributed by atoms with E-state index in [-0.39, 0.29) is 0 Å². The molecule has 0 radical (unpaired) electrons. The summed E-state index contributed by atoms with van der Waals surface area (Å²) in [6.45, 7) is 6.48. The number of hydrogen-bond donors (Lipinski definition) is 1. The zero-order valence-electron chi connectivity index (χ0n) is 11.5. The van der Waals surface area contributed by atoms with Crippen LogP contribution in [0.1, 0.15) is 31.7 Å². The molecule has 1 unspecified atom stereocenters. The van der Waals surface area contributed by atoms with Crippen LogP contribution in [-0.4, -0.2) is 32.7 Å². The van der Waals surface area contributed by atoms with Gasteiger partial charge >= 0.3 is 0 Å². The standard InChI is InChI=1S/C13H21N5/c1-9(2)5-11(14-4)7-12-6-10(3)17-13-15-8-16-18(12)13/h6,8-9,11,14H,5,7H2,1-4H3. The van der Waals surface area contributed by atoms with Crippen molar-refractivity contribution in [1.82, 2.24) is 24.9 Å². The third kappa shape index (κ3) is 2.85. The maximum Gasteiger partial charge on any atom is 0.252 e. The van der Waals surface area contributed by atoms with Crippen molar-refractivity contribution in [2.75, 3.05) is 7.05 Å². The molecule has 2 aromatic rings. The lowest BCUT2D eigenvalue weighted by Gasteiger charge is -2.18. The molecule has 5 heteroatoms. The van der Waals surface area contributed by atoms with Gasteiger partial charge in [-0.2, -0.15) is 10.1 Å². The highest BCUT2D eigenvalue weighted by atomic mass is 15.3. The Balaban J connectivity index is 2.26. The van der Waals surface area contributed by atoms with E-state index in [1.54, 1.807) is 6.33 Å². The molecular weight excluding hydrogens is 226 g/mol. The van der Waals surface area contributed by atoms with Crippen LogP contribution in [0, 0.1) is 12.8 Å². The van der Waals surface area contributed by atoms with Gasteiger partial charge in [-0.05, 0) is 32.4 Å². The minimum atomic E-state index is 0.458. The van der Waals surface area contributed by atoms with Crippen LogP contribution in [0.15, 0.2) is 12.4 Å². The van der Waals surface area contributed by atoms with Gasteiger partial charge in [0.15, 0.2) is 0 Å². The predicted molar refractivity (Wildman–Crippen MR) is 71.5 cm³/mol. The summed E-state index contributed by atoms with van der Waals surface area (Å²) in [7, 11) is 2.01. The first kappa shape index (κ1) is 13.0. The largest absolute Gasteiger partial charge is 0.317 e.